The van der Waals surface area contributed by atoms with Crippen LogP contribution in [0.2, 0.25) is 0 Å². The lowest BCUT2D eigenvalue weighted by Gasteiger charge is -2.18. The van der Waals surface area contributed by atoms with Crippen molar-refractivity contribution in [3.63, 3.8) is 0 Å². The summed E-state index contributed by atoms with van der Waals surface area (Å²) in [6, 6.07) is 4.22. The minimum absolute atomic E-state index is 0.0648. The third-order valence-electron chi connectivity index (χ3n) is 3.80. The van der Waals surface area contributed by atoms with Gasteiger partial charge in [-0.2, -0.15) is 13.2 Å². The normalized spacial score (nSPS) is 20.0. The molecule has 7 heteroatoms. The molecule has 0 radical (unpaired) electrons. The zero-order valence-corrected chi connectivity index (χ0v) is 12.1. The van der Waals surface area contributed by atoms with Gasteiger partial charge in [-0.05, 0) is 37.6 Å². The van der Waals surface area contributed by atoms with E-state index >= 15 is 0 Å². The maximum Gasteiger partial charge on any atom is 0.416 e. The van der Waals surface area contributed by atoms with Gasteiger partial charge >= 0.3 is 6.18 Å². The Morgan fingerprint density at radius 2 is 2.05 bits per heavy atom. The molecule has 1 saturated heterocycles. The van der Waals surface area contributed by atoms with Gasteiger partial charge < -0.3 is 14.7 Å². The number of rotatable bonds is 4. The number of halogens is 3. The molecule has 1 aliphatic rings. The topological polar surface area (TPSA) is 49.8 Å². The van der Waals surface area contributed by atoms with Crippen molar-refractivity contribution in [2.24, 2.45) is 5.92 Å². The van der Waals surface area contributed by atoms with Crippen LogP contribution in [0.3, 0.4) is 0 Å². The summed E-state index contributed by atoms with van der Waals surface area (Å²) in [6.45, 7) is 2.51. The molecule has 4 nitrogen and oxygen atoms in total. The number of nitrogens with zero attached hydrogens (tertiary/aromatic N) is 1. The van der Waals surface area contributed by atoms with Crippen LogP contribution in [-0.2, 0) is 11.0 Å². The van der Waals surface area contributed by atoms with E-state index in [9.17, 15) is 23.1 Å². The number of hydrogen-bond donors (Lipinski definition) is 1. The number of aliphatic hydroxyl groups is 1. The van der Waals surface area contributed by atoms with Gasteiger partial charge in [-0.1, -0.05) is 0 Å². The van der Waals surface area contributed by atoms with Crippen molar-refractivity contribution in [2.45, 2.75) is 25.6 Å². The quantitative estimate of drug-likeness (QED) is 0.927. The first-order valence-electron chi connectivity index (χ1n) is 7.03. The summed E-state index contributed by atoms with van der Waals surface area (Å²) in [4.78, 5) is 13.6. The predicted octanol–water partition coefficient (Wildman–Crippen LogP) is 2.31. The fourth-order valence-electron chi connectivity index (χ4n) is 2.38. The van der Waals surface area contributed by atoms with Gasteiger partial charge in [-0.15, -0.1) is 0 Å². The average molecular weight is 317 g/mol. The van der Waals surface area contributed by atoms with E-state index in [2.05, 4.69) is 0 Å². The van der Waals surface area contributed by atoms with Crippen molar-refractivity contribution < 1.29 is 27.8 Å². The second kappa shape index (κ2) is 6.56. The van der Waals surface area contributed by atoms with Crippen molar-refractivity contribution >= 4 is 5.91 Å². The van der Waals surface area contributed by atoms with Gasteiger partial charge in [0.1, 0.15) is 5.75 Å². The summed E-state index contributed by atoms with van der Waals surface area (Å²) in [6.07, 6.45) is -4.11. The Morgan fingerprint density at radius 3 is 2.55 bits per heavy atom. The highest BCUT2D eigenvalue weighted by molar-refractivity contribution is 5.78. The van der Waals surface area contributed by atoms with Gasteiger partial charge in [0, 0.05) is 19.0 Å². The molecule has 2 atom stereocenters. The van der Waals surface area contributed by atoms with Crippen LogP contribution in [0, 0.1) is 5.92 Å². The van der Waals surface area contributed by atoms with Crippen LogP contribution >= 0.6 is 0 Å². The Bertz CT molecular complexity index is 514. The van der Waals surface area contributed by atoms with Crippen molar-refractivity contribution in [1.29, 1.82) is 0 Å². The fraction of sp³-hybridized carbons (Fsp3) is 0.533. The Balaban J connectivity index is 1.84. The van der Waals surface area contributed by atoms with Crippen LogP contribution < -0.4 is 4.74 Å². The van der Waals surface area contributed by atoms with Gasteiger partial charge in [0.25, 0.3) is 5.91 Å². The highest BCUT2D eigenvalue weighted by Gasteiger charge is 2.30. The Morgan fingerprint density at radius 1 is 1.41 bits per heavy atom. The van der Waals surface area contributed by atoms with E-state index in [-0.39, 0.29) is 24.2 Å². The largest absolute Gasteiger partial charge is 0.484 e. The zero-order valence-electron chi connectivity index (χ0n) is 12.1. The van der Waals surface area contributed by atoms with Gasteiger partial charge in [0.2, 0.25) is 0 Å². The number of carbonyl (C=O) groups excluding carboxylic acids is 1. The van der Waals surface area contributed by atoms with Crippen molar-refractivity contribution in [3.8, 4) is 5.75 Å². The van der Waals surface area contributed by atoms with Gasteiger partial charge in [-0.3, -0.25) is 4.79 Å². The molecule has 0 aromatic heterocycles. The number of hydrogen-bond acceptors (Lipinski definition) is 3. The lowest BCUT2D eigenvalue weighted by molar-refractivity contribution is -0.137. The molecule has 1 amide bonds. The van der Waals surface area contributed by atoms with E-state index in [4.69, 9.17) is 4.74 Å². The van der Waals surface area contributed by atoms with Crippen LogP contribution in [0.4, 0.5) is 13.2 Å². The third kappa shape index (κ3) is 4.13. The van der Waals surface area contributed by atoms with E-state index in [0.717, 1.165) is 18.6 Å². The highest BCUT2D eigenvalue weighted by atomic mass is 19.4. The van der Waals surface area contributed by atoms with Crippen molar-refractivity contribution in [3.05, 3.63) is 29.8 Å². The molecule has 0 bridgehead atoms. The number of aliphatic hydroxyl groups excluding tert-OH is 1. The standard InChI is InChI=1S/C15H18F3NO3/c1-10(20)11-6-7-19(8-11)14(21)9-22-13-4-2-12(3-5-13)15(16,17)18/h2-5,10-11,20H,6-9H2,1H3. The first-order chi connectivity index (χ1) is 10.3. The maximum atomic E-state index is 12.4. The number of benzene rings is 1. The molecule has 2 rings (SSSR count). The minimum Gasteiger partial charge on any atom is -0.484 e. The number of alkyl halides is 3. The number of carbonyl (C=O) groups is 1. The number of amides is 1. The van der Waals surface area contributed by atoms with Crippen LogP contribution in [0.15, 0.2) is 24.3 Å². The number of likely N-dealkylation sites (tertiary alicyclic amines) is 1. The second-order valence-corrected chi connectivity index (χ2v) is 5.44. The SMILES string of the molecule is CC(O)C1CCN(C(=O)COc2ccc(C(F)(F)F)cc2)C1. The Kier molecular flexibility index (Phi) is 4.95. The van der Waals surface area contributed by atoms with Crippen LogP contribution in [-0.4, -0.2) is 41.7 Å². The molecule has 1 aromatic rings. The van der Waals surface area contributed by atoms with Crippen LogP contribution in [0.1, 0.15) is 18.9 Å². The van der Waals surface area contributed by atoms with E-state index in [1.807, 2.05) is 0 Å². The molecule has 1 aromatic carbocycles. The van der Waals surface area contributed by atoms with E-state index < -0.39 is 17.8 Å². The first-order valence-corrected chi connectivity index (χ1v) is 7.03. The minimum atomic E-state index is -4.39. The van der Waals surface area contributed by atoms with Gasteiger partial charge in [0.05, 0.1) is 11.7 Å². The Labute approximate surface area is 126 Å². The van der Waals surface area contributed by atoms with Gasteiger partial charge in [0.15, 0.2) is 6.61 Å². The summed E-state index contributed by atoms with van der Waals surface area (Å²) < 4.78 is 42.5. The van der Waals surface area contributed by atoms with E-state index in [1.165, 1.54) is 12.1 Å². The number of ether oxygens (including phenoxy) is 1. The molecule has 1 heterocycles. The smallest absolute Gasteiger partial charge is 0.416 e. The maximum absolute atomic E-state index is 12.4. The van der Waals surface area contributed by atoms with Gasteiger partial charge in [-0.25, -0.2) is 0 Å². The molecule has 0 saturated carbocycles. The third-order valence-corrected chi connectivity index (χ3v) is 3.80. The van der Waals surface area contributed by atoms with Crippen molar-refractivity contribution in [2.75, 3.05) is 19.7 Å². The summed E-state index contributed by atoms with van der Waals surface area (Å²) in [5.74, 6) is 0.0469. The molecule has 2 unspecified atom stereocenters. The molecule has 22 heavy (non-hydrogen) atoms. The highest BCUT2D eigenvalue weighted by Crippen LogP contribution is 2.30. The first kappa shape index (κ1) is 16.6. The lowest BCUT2D eigenvalue weighted by atomic mass is 10.0. The summed E-state index contributed by atoms with van der Waals surface area (Å²) >= 11 is 0. The molecular formula is C15H18F3NO3. The molecule has 1 N–H and O–H groups in total. The summed E-state index contributed by atoms with van der Waals surface area (Å²) in [5.41, 5.74) is -0.759. The van der Waals surface area contributed by atoms with Crippen LogP contribution in [0.5, 0.6) is 5.75 Å². The lowest BCUT2D eigenvalue weighted by Crippen LogP contribution is -2.34. The molecule has 0 spiro atoms. The zero-order chi connectivity index (χ0) is 16.3. The summed E-state index contributed by atoms with van der Waals surface area (Å²) in [7, 11) is 0. The summed E-state index contributed by atoms with van der Waals surface area (Å²) in [5, 5.41) is 9.49. The molecule has 122 valence electrons. The molecule has 1 aliphatic heterocycles. The molecular weight excluding hydrogens is 299 g/mol. The average Bonchev–Trinajstić information content (AvgIpc) is 2.94. The van der Waals surface area contributed by atoms with E-state index in [1.54, 1.807) is 11.8 Å². The predicted molar refractivity (Wildman–Crippen MR) is 73.3 cm³/mol. The Hall–Kier alpha value is -1.76. The van der Waals surface area contributed by atoms with Crippen LogP contribution in [0.25, 0.3) is 0 Å². The molecule has 0 aliphatic carbocycles. The second-order valence-electron chi connectivity index (χ2n) is 5.44. The fourth-order valence-corrected chi connectivity index (χ4v) is 2.38. The van der Waals surface area contributed by atoms with Crippen molar-refractivity contribution in [1.82, 2.24) is 4.90 Å². The monoisotopic (exact) mass is 317 g/mol. The molecule has 1 fully saturated rings. The van der Waals surface area contributed by atoms with E-state index in [0.29, 0.717) is 13.1 Å².